The molecule has 3 heteroatoms. The number of ether oxygens (including phenoxy) is 1. The Bertz CT molecular complexity index is 261. The lowest BCUT2D eigenvalue weighted by Gasteiger charge is -2.05. The molecule has 2 N–H and O–H groups in total. The van der Waals surface area contributed by atoms with E-state index in [4.69, 9.17) is 4.74 Å². The van der Waals surface area contributed by atoms with Crippen LogP contribution in [-0.2, 0) is 6.54 Å². The maximum absolute atomic E-state index is 9.26. The lowest BCUT2D eigenvalue weighted by atomic mass is 10.2. The molecule has 12 heavy (non-hydrogen) atoms. The van der Waals surface area contributed by atoms with Gasteiger partial charge < -0.3 is 15.2 Å². The molecule has 0 unspecified atom stereocenters. The molecule has 66 valence electrons. The van der Waals surface area contributed by atoms with E-state index in [9.17, 15) is 5.11 Å². The number of benzene rings is 1. The molecule has 0 spiro atoms. The van der Waals surface area contributed by atoms with Crippen molar-refractivity contribution >= 4 is 0 Å². The fraction of sp³-hybridized carbons (Fsp3) is 0.333. The van der Waals surface area contributed by atoms with E-state index in [-0.39, 0.29) is 5.75 Å². The summed E-state index contributed by atoms with van der Waals surface area (Å²) in [5.74, 6) is 0.695. The monoisotopic (exact) mass is 167 g/mol. The Balaban J connectivity index is 2.89. The summed E-state index contributed by atoms with van der Waals surface area (Å²) in [6, 6.07) is 5.30. The van der Waals surface area contributed by atoms with E-state index < -0.39 is 0 Å². The standard InChI is InChI=1S/C9H13NO2/c1-10-6-7-3-4-8(11)9(5-7)12-2/h3-5,10-11H,6H2,1-2H3. The van der Waals surface area contributed by atoms with Gasteiger partial charge in [0.05, 0.1) is 7.11 Å². The van der Waals surface area contributed by atoms with Crippen LogP contribution in [0.15, 0.2) is 18.2 Å². The molecule has 0 aliphatic carbocycles. The van der Waals surface area contributed by atoms with Crippen molar-refractivity contribution in [2.24, 2.45) is 0 Å². The average Bonchev–Trinajstić information content (AvgIpc) is 2.09. The highest BCUT2D eigenvalue weighted by atomic mass is 16.5. The third kappa shape index (κ3) is 1.89. The van der Waals surface area contributed by atoms with E-state index >= 15 is 0 Å². The lowest BCUT2D eigenvalue weighted by molar-refractivity contribution is 0.373. The third-order valence-corrected chi connectivity index (χ3v) is 1.63. The van der Waals surface area contributed by atoms with Crippen molar-refractivity contribution in [2.45, 2.75) is 6.54 Å². The molecule has 0 aliphatic rings. The van der Waals surface area contributed by atoms with E-state index in [1.54, 1.807) is 6.07 Å². The van der Waals surface area contributed by atoms with Crippen LogP contribution < -0.4 is 10.1 Å². The molecule has 1 rings (SSSR count). The first-order valence-corrected chi connectivity index (χ1v) is 3.78. The second-order valence-electron chi connectivity index (χ2n) is 2.54. The van der Waals surface area contributed by atoms with Gasteiger partial charge in [0, 0.05) is 6.54 Å². The molecular formula is C9H13NO2. The molecule has 0 saturated heterocycles. The summed E-state index contributed by atoms with van der Waals surface area (Å²) in [5, 5.41) is 12.3. The second-order valence-corrected chi connectivity index (χ2v) is 2.54. The van der Waals surface area contributed by atoms with E-state index in [2.05, 4.69) is 5.32 Å². The molecule has 0 aliphatic heterocycles. The van der Waals surface area contributed by atoms with Crippen molar-refractivity contribution in [1.29, 1.82) is 0 Å². The molecule has 0 atom stereocenters. The molecule has 0 fully saturated rings. The number of methoxy groups -OCH3 is 1. The van der Waals surface area contributed by atoms with Crippen molar-refractivity contribution in [2.75, 3.05) is 14.2 Å². The number of rotatable bonds is 3. The van der Waals surface area contributed by atoms with Crippen molar-refractivity contribution in [1.82, 2.24) is 5.32 Å². The van der Waals surface area contributed by atoms with Crippen molar-refractivity contribution in [3.05, 3.63) is 23.8 Å². The molecule has 1 aromatic carbocycles. The highest BCUT2D eigenvalue weighted by Gasteiger charge is 2.00. The summed E-state index contributed by atoms with van der Waals surface area (Å²) < 4.78 is 4.95. The Morgan fingerprint density at radius 2 is 2.25 bits per heavy atom. The topological polar surface area (TPSA) is 41.5 Å². The molecule has 0 radical (unpaired) electrons. The highest BCUT2D eigenvalue weighted by Crippen LogP contribution is 2.25. The summed E-state index contributed by atoms with van der Waals surface area (Å²) in [4.78, 5) is 0. The Kier molecular flexibility index (Phi) is 2.94. The Hall–Kier alpha value is -1.22. The van der Waals surface area contributed by atoms with Crippen LogP contribution in [0.5, 0.6) is 11.5 Å². The van der Waals surface area contributed by atoms with Gasteiger partial charge in [-0.3, -0.25) is 0 Å². The van der Waals surface area contributed by atoms with Gasteiger partial charge in [0.2, 0.25) is 0 Å². The highest BCUT2D eigenvalue weighted by molar-refractivity contribution is 5.41. The Morgan fingerprint density at radius 1 is 1.50 bits per heavy atom. The van der Waals surface area contributed by atoms with Gasteiger partial charge in [0.15, 0.2) is 11.5 Å². The quantitative estimate of drug-likeness (QED) is 0.708. The van der Waals surface area contributed by atoms with Crippen LogP contribution >= 0.6 is 0 Å². The SMILES string of the molecule is CNCc1ccc(O)c(OC)c1. The smallest absolute Gasteiger partial charge is 0.160 e. The van der Waals surface area contributed by atoms with Gasteiger partial charge >= 0.3 is 0 Å². The lowest BCUT2D eigenvalue weighted by Crippen LogP contribution is -2.04. The van der Waals surface area contributed by atoms with Crippen LogP contribution in [0.1, 0.15) is 5.56 Å². The van der Waals surface area contributed by atoms with Gasteiger partial charge in [-0.2, -0.15) is 0 Å². The largest absolute Gasteiger partial charge is 0.504 e. The van der Waals surface area contributed by atoms with Crippen LogP contribution in [-0.4, -0.2) is 19.3 Å². The van der Waals surface area contributed by atoms with Crippen molar-refractivity contribution in [3.8, 4) is 11.5 Å². The summed E-state index contributed by atoms with van der Waals surface area (Å²) >= 11 is 0. The first-order valence-electron chi connectivity index (χ1n) is 3.78. The Labute approximate surface area is 72.0 Å². The molecule has 1 aromatic rings. The molecule has 3 nitrogen and oxygen atoms in total. The minimum Gasteiger partial charge on any atom is -0.504 e. The summed E-state index contributed by atoms with van der Waals surface area (Å²) in [5.41, 5.74) is 1.09. The molecule has 0 amide bonds. The summed E-state index contributed by atoms with van der Waals surface area (Å²) in [6.07, 6.45) is 0. The molecule has 0 heterocycles. The van der Waals surface area contributed by atoms with Gasteiger partial charge in [0.25, 0.3) is 0 Å². The van der Waals surface area contributed by atoms with Gasteiger partial charge in [0.1, 0.15) is 0 Å². The molecule has 0 aromatic heterocycles. The number of hydrogen-bond acceptors (Lipinski definition) is 3. The van der Waals surface area contributed by atoms with Gasteiger partial charge in [-0.25, -0.2) is 0 Å². The minimum absolute atomic E-state index is 0.178. The van der Waals surface area contributed by atoms with Crippen LogP contribution in [0.4, 0.5) is 0 Å². The predicted molar refractivity (Wildman–Crippen MR) is 47.4 cm³/mol. The predicted octanol–water partition coefficient (Wildman–Crippen LogP) is 1.12. The van der Waals surface area contributed by atoms with E-state index in [0.29, 0.717) is 5.75 Å². The van der Waals surface area contributed by atoms with Crippen LogP contribution in [0.2, 0.25) is 0 Å². The van der Waals surface area contributed by atoms with Gasteiger partial charge in [-0.15, -0.1) is 0 Å². The van der Waals surface area contributed by atoms with Crippen LogP contribution in [0.3, 0.4) is 0 Å². The normalized spacial score (nSPS) is 9.83. The van der Waals surface area contributed by atoms with E-state index in [0.717, 1.165) is 12.1 Å². The van der Waals surface area contributed by atoms with Crippen molar-refractivity contribution < 1.29 is 9.84 Å². The number of hydrogen-bond donors (Lipinski definition) is 2. The first kappa shape index (κ1) is 8.87. The number of nitrogens with one attached hydrogen (secondary N) is 1. The minimum atomic E-state index is 0.178. The maximum Gasteiger partial charge on any atom is 0.160 e. The maximum atomic E-state index is 9.26. The first-order chi connectivity index (χ1) is 5.77. The van der Waals surface area contributed by atoms with E-state index in [1.165, 1.54) is 7.11 Å². The summed E-state index contributed by atoms with van der Waals surface area (Å²) in [6.45, 7) is 0.774. The van der Waals surface area contributed by atoms with Crippen molar-refractivity contribution in [3.63, 3.8) is 0 Å². The fourth-order valence-electron chi connectivity index (χ4n) is 1.04. The van der Waals surface area contributed by atoms with Gasteiger partial charge in [-0.1, -0.05) is 6.07 Å². The molecule has 0 saturated carbocycles. The van der Waals surface area contributed by atoms with E-state index in [1.807, 2.05) is 19.2 Å². The zero-order valence-corrected chi connectivity index (χ0v) is 7.29. The fourth-order valence-corrected chi connectivity index (χ4v) is 1.04. The molecule has 0 bridgehead atoms. The second kappa shape index (κ2) is 3.97. The van der Waals surface area contributed by atoms with Crippen LogP contribution in [0, 0.1) is 0 Å². The Morgan fingerprint density at radius 3 is 2.83 bits per heavy atom. The zero-order chi connectivity index (χ0) is 8.97. The number of phenolic OH excluding ortho intramolecular Hbond substituents is 1. The zero-order valence-electron chi connectivity index (χ0n) is 7.29. The van der Waals surface area contributed by atoms with Gasteiger partial charge in [-0.05, 0) is 24.7 Å². The summed E-state index contributed by atoms with van der Waals surface area (Å²) in [7, 11) is 3.41. The number of aromatic hydroxyl groups is 1. The van der Waals surface area contributed by atoms with Crippen LogP contribution in [0.25, 0.3) is 0 Å². The number of phenols is 1. The average molecular weight is 167 g/mol. The third-order valence-electron chi connectivity index (χ3n) is 1.63. The molecular weight excluding hydrogens is 154 g/mol.